The third-order valence-corrected chi connectivity index (χ3v) is 4.12. The van der Waals surface area contributed by atoms with Crippen LogP contribution >= 0.6 is 11.6 Å². The van der Waals surface area contributed by atoms with Crippen LogP contribution in [0.2, 0.25) is 5.02 Å². The molecule has 0 bridgehead atoms. The minimum absolute atomic E-state index is 0.618. The average Bonchev–Trinajstić information content (AvgIpc) is 2.85. The number of fused-ring (bicyclic) bond motifs is 1. The Balaban J connectivity index is 2.13. The second-order valence-corrected chi connectivity index (χ2v) is 5.83. The molecule has 2 aromatic heterocycles. The van der Waals surface area contributed by atoms with E-state index < -0.39 is 0 Å². The van der Waals surface area contributed by atoms with E-state index in [0.717, 1.165) is 41.2 Å². The van der Waals surface area contributed by atoms with Crippen LogP contribution in [0.1, 0.15) is 13.3 Å². The lowest BCUT2D eigenvalue weighted by Crippen LogP contribution is -2.19. The second-order valence-electron chi connectivity index (χ2n) is 5.43. The van der Waals surface area contributed by atoms with E-state index in [1.165, 1.54) is 0 Å². The Labute approximate surface area is 135 Å². The van der Waals surface area contributed by atoms with E-state index in [9.17, 15) is 0 Å². The van der Waals surface area contributed by atoms with Crippen LogP contribution in [0.4, 0.5) is 5.82 Å². The zero-order valence-electron chi connectivity index (χ0n) is 13.0. The van der Waals surface area contributed by atoms with Crippen LogP contribution in [0, 0.1) is 0 Å². The molecule has 1 aromatic carbocycles. The molecule has 3 rings (SSSR count). The van der Waals surface area contributed by atoms with Gasteiger partial charge >= 0.3 is 0 Å². The standard InChI is InChI=1S/C17H19ClN4/c1-4-9-21(2)16-10-12(13(18)11-19-16)17-20-14-7-5-6-8-15(14)22(17)3/h5-8,10-11H,4,9H2,1-3H3. The number of halogens is 1. The van der Waals surface area contributed by atoms with Crippen LogP contribution in [0.15, 0.2) is 36.5 Å². The number of benzene rings is 1. The molecule has 0 amide bonds. The second kappa shape index (κ2) is 5.97. The van der Waals surface area contributed by atoms with Crippen LogP contribution < -0.4 is 4.90 Å². The SMILES string of the molecule is CCCN(C)c1cc(-c2nc3ccccc3n2C)c(Cl)cn1. The highest BCUT2D eigenvalue weighted by Gasteiger charge is 2.15. The monoisotopic (exact) mass is 314 g/mol. The molecule has 114 valence electrons. The lowest BCUT2D eigenvalue weighted by atomic mass is 10.2. The zero-order chi connectivity index (χ0) is 15.7. The van der Waals surface area contributed by atoms with Crippen LogP contribution in [0.25, 0.3) is 22.4 Å². The molecule has 3 aromatic rings. The molecule has 0 unspecified atom stereocenters. The number of hydrogen-bond donors (Lipinski definition) is 0. The molecule has 4 nitrogen and oxygen atoms in total. The van der Waals surface area contributed by atoms with Gasteiger partial charge in [-0.2, -0.15) is 0 Å². The van der Waals surface area contributed by atoms with Crippen molar-refractivity contribution in [1.29, 1.82) is 0 Å². The third-order valence-electron chi connectivity index (χ3n) is 3.82. The van der Waals surface area contributed by atoms with E-state index in [1.54, 1.807) is 6.20 Å². The molecule has 0 aliphatic rings. The maximum absolute atomic E-state index is 6.38. The van der Waals surface area contributed by atoms with Crippen molar-refractivity contribution in [1.82, 2.24) is 14.5 Å². The molecule has 0 saturated carbocycles. The summed E-state index contributed by atoms with van der Waals surface area (Å²) < 4.78 is 2.07. The van der Waals surface area contributed by atoms with Gasteiger partial charge < -0.3 is 9.47 Å². The zero-order valence-corrected chi connectivity index (χ0v) is 13.8. The molecule has 0 N–H and O–H groups in total. The molecular weight excluding hydrogens is 296 g/mol. The number of rotatable bonds is 4. The molecule has 22 heavy (non-hydrogen) atoms. The molecule has 0 atom stereocenters. The smallest absolute Gasteiger partial charge is 0.142 e. The number of para-hydroxylation sites is 2. The number of anilines is 1. The summed E-state index contributed by atoms with van der Waals surface area (Å²) in [5, 5.41) is 0.618. The van der Waals surface area contributed by atoms with E-state index in [4.69, 9.17) is 16.6 Å². The lowest BCUT2D eigenvalue weighted by molar-refractivity contribution is 0.837. The molecule has 0 aliphatic heterocycles. The van der Waals surface area contributed by atoms with Gasteiger partial charge in [-0.1, -0.05) is 30.7 Å². The van der Waals surface area contributed by atoms with Crippen molar-refractivity contribution in [3.8, 4) is 11.4 Å². The van der Waals surface area contributed by atoms with Crippen molar-refractivity contribution in [2.75, 3.05) is 18.5 Å². The van der Waals surface area contributed by atoms with Gasteiger partial charge in [-0.05, 0) is 24.6 Å². The van der Waals surface area contributed by atoms with Crippen LogP contribution in [-0.4, -0.2) is 28.1 Å². The first-order valence-corrected chi connectivity index (χ1v) is 7.78. The predicted octanol–water partition coefficient (Wildman–Crippen LogP) is 4.13. The summed E-state index contributed by atoms with van der Waals surface area (Å²) in [4.78, 5) is 11.3. The van der Waals surface area contributed by atoms with Gasteiger partial charge in [0.15, 0.2) is 0 Å². The minimum Gasteiger partial charge on any atom is -0.360 e. The fourth-order valence-electron chi connectivity index (χ4n) is 2.64. The highest BCUT2D eigenvalue weighted by Crippen LogP contribution is 2.31. The summed E-state index contributed by atoms with van der Waals surface area (Å²) in [6.07, 6.45) is 2.78. The van der Waals surface area contributed by atoms with Crippen molar-refractivity contribution in [2.24, 2.45) is 7.05 Å². The number of aryl methyl sites for hydroxylation is 1. The normalized spacial score (nSPS) is 11.1. The first-order chi connectivity index (χ1) is 10.6. The van der Waals surface area contributed by atoms with Gasteiger partial charge in [0, 0.05) is 32.4 Å². The van der Waals surface area contributed by atoms with E-state index >= 15 is 0 Å². The Morgan fingerprint density at radius 3 is 2.77 bits per heavy atom. The summed E-state index contributed by atoms with van der Waals surface area (Å²) in [6, 6.07) is 10.1. The maximum atomic E-state index is 6.38. The summed E-state index contributed by atoms with van der Waals surface area (Å²) in [5.74, 6) is 1.77. The fourth-order valence-corrected chi connectivity index (χ4v) is 2.83. The van der Waals surface area contributed by atoms with E-state index in [2.05, 4.69) is 27.4 Å². The molecule has 0 fully saturated rings. The number of nitrogens with zero attached hydrogens (tertiary/aromatic N) is 4. The predicted molar refractivity (Wildman–Crippen MR) is 92.5 cm³/mol. The topological polar surface area (TPSA) is 34.0 Å². The Morgan fingerprint density at radius 1 is 1.27 bits per heavy atom. The van der Waals surface area contributed by atoms with Gasteiger partial charge in [-0.3, -0.25) is 0 Å². The van der Waals surface area contributed by atoms with Gasteiger partial charge in [0.05, 0.1) is 16.1 Å². The van der Waals surface area contributed by atoms with E-state index in [-0.39, 0.29) is 0 Å². The average molecular weight is 315 g/mol. The van der Waals surface area contributed by atoms with Gasteiger partial charge in [-0.25, -0.2) is 9.97 Å². The quantitative estimate of drug-likeness (QED) is 0.726. The number of imidazole rings is 1. The lowest BCUT2D eigenvalue weighted by Gasteiger charge is -2.18. The molecule has 0 spiro atoms. The number of pyridine rings is 1. The summed E-state index contributed by atoms with van der Waals surface area (Å²) in [6.45, 7) is 3.11. The highest BCUT2D eigenvalue weighted by atomic mass is 35.5. The largest absolute Gasteiger partial charge is 0.360 e. The van der Waals surface area contributed by atoms with Crippen molar-refractivity contribution >= 4 is 28.5 Å². The minimum atomic E-state index is 0.618. The van der Waals surface area contributed by atoms with Crippen molar-refractivity contribution in [3.05, 3.63) is 41.6 Å². The first kappa shape index (κ1) is 14.9. The summed E-state index contributed by atoms with van der Waals surface area (Å²) >= 11 is 6.38. The fraction of sp³-hybridized carbons (Fsp3) is 0.294. The molecule has 0 radical (unpaired) electrons. The van der Waals surface area contributed by atoms with Crippen LogP contribution in [0.3, 0.4) is 0 Å². The summed E-state index contributed by atoms with van der Waals surface area (Å²) in [7, 11) is 4.05. The van der Waals surface area contributed by atoms with Gasteiger partial charge in [-0.15, -0.1) is 0 Å². The van der Waals surface area contributed by atoms with E-state index in [0.29, 0.717) is 5.02 Å². The molecule has 0 aliphatic carbocycles. The maximum Gasteiger partial charge on any atom is 0.142 e. The molecule has 0 saturated heterocycles. The highest BCUT2D eigenvalue weighted by molar-refractivity contribution is 6.33. The Kier molecular flexibility index (Phi) is 4.03. The van der Waals surface area contributed by atoms with Gasteiger partial charge in [0.2, 0.25) is 0 Å². The van der Waals surface area contributed by atoms with Crippen molar-refractivity contribution < 1.29 is 0 Å². The Bertz CT molecular complexity index is 810. The van der Waals surface area contributed by atoms with Gasteiger partial charge in [0.25, 0.3) is 0 Å². The summed E-state index contributed by atoms with van der Waals surface area (Å²) in [5.41, 5.74) is 2.97. The molecule has 5 heteroatoms. The van der Waals surface area contributed by atoms with Crippen molar-refractivity contribution in [3.63, 3.8) is 0 Å². The van der Waals surface area contributed by atoms with Crippen LogP contribution in [0.5, 0.6) is 0 Å². The van der Waals surface area contributed by atoms with Gasteiger partial charge in [0.1, 0.15) is 11.6 Å². The van der Waals surface area contributed by atoms with E-state index in [1.807, 2.05) is 38.4 Å². The first-order valence-electron chi connectivity index (χ1n) is 7.40. The molecule has 2 heterocycles. The van der Waals surface area contributed by atoms with Crippen molar-refractivity contribution in [2.45, 2.75) is 13.3 Å². The number of aromatic nitrogens is 3. The molecular formula is C17H19ClN4. The Morgan fingerprint density at radius 2 is 2.05 bits per heavy atom. The van der Waals surface area contributed by atoms with Crippen LogP contribution in [-0.2, 0) is 7.05 Å². The third kappa shape index (κ3) is 2.55. The number of hydrogen-bond acceptors (Lipinski definition) is 3. The Hall–Kier alpha value is -2.07.